The van der Waals surface area contributed by atoms with Crippen LogP contribution in [0.25, 0.3) is 0 Å². The van der Waals surface area contributed by atoms with E-state index >= 15 is 0 Å². The van der Waals surface area contributed by atoms with Crippen LogP contribution in [0.1, 0.15) is 53.4 Å². The highest BCUT2D eigenvalue weighted by molar-refractivity contribution is 5.98. The highest BCUT2D eigenvalue weighted by Crippen LogP contribution is 2.24. The predicted octanol–water partition coefficient (Wildman–Crippen LogP) is 2.35. The van der Waals surface area contributed by atoms with Gasteiger partial charge in [0.2, 0.25) is 11.8 Å². The lowest BCUT2D eigenvalue weighted by atomic mass is 9.93. The summed E-state index contributed by atoms with van der Waals surface area (Å²) in [6.45, 7) is 7.55. The Kier molecular flexibility index (Phi) is 3.53. The average Bonchev–Trinajstić information content (AvgIpc) is 2.25. The number of carbonyl (C=O) groups excluding carboxylic acids is 2. The van der Waals surface area contributed by atoms with Gasteiger partial charge in [-0.25, -0.2) is 0 Å². The largest absolute Gasteiger partial charge is 0.279 e. The monoisotopic (exact) mass is 211 g/mol. The maximum atomic E-state index is 12.1. The van der Waals surface area contributed by atoms with Gasteiger partial charge in [-0.3, -0.25) is 14.5 Å². The fraction of sp³-hybridized carbons (Fsp3) is 0.833. The average molecular weight is 211 g/mol. The lowest BCUT2D eigenvalue weighted by molar-refractivity contribution is -0.152. The molecule has 1 atom stereocenters. The van der Waals surface area contributed by atoms with Gasteiger partial charge in [0.05, 0.1) is 0 Å². The molecule has 1 aliphatic rings. The third kappa shape index (κ3) is 2.80. The van der Waals surface area contributed by atoms with E-state index in [1.165, 1.54) is 4.90 Å². The Morgan fingerprint density at radius 1 is 1.33 bits per heavy atom. The van der Waals surface area contributed by atoms with Gasteiger partial charge in [-0.1, -0.05) is 27.2 Å². The molecule has 3 nitrogen and oxygen atoms in total. The molecular formula is C12H21NO2. The molecule has 0 aliphatic carbocycles. The minimum absolute atomic E-state index is 0.0000694. The van der Waals surface area contributed by atoms with Crippen LogP contribution in [0.15, 0.2) is 0 Å². The third-order valence-corrected chi connectivity index (χ3v) is 2.83. The Bertz CT molecular complexity index is 265. The maximum Gasteiger partial charge on any atom is 0.234 e. The molecule has 2 amide bonds. The van der Waals surface area contributed by atoms with E-state index in [4.69, 9.17) is 0 Å². The molecule has 3 heteroatoms. The molecule has 0 N–H and O–H groups in total. The van der Waals surface area contributed by atoms with E-state index in [1.807, 2.05) is 27.7 Å². The first-order valence-corrected chi connectivity index (χ1v) is 5.70. The smallest absolute Gasteiger partial charge is 0.234 e. The number of nitrogens with zero attached hydrogens (tertiary/aromatic N) is 1. The molecule has 1 saturated heterocycles. The van der Waals surface area contributed by atoms with Crippen LogP contribution in [-0.2, 0) is 9.59 Å². The molecule has 1 fully saturated rings. The van der Waals surface area contributed by atoms with E-state index in [0.717, 1.165) is 19.3 Å². The van der Waals surface area contributed by atoms with Gasteiger partial charge in [0.15, 0.2) is 0 Å². The molecule has 0 aromatic heterocycles. The molecule has 1 rings (SSSR count). The molecule has 0 spiro atoms. The van der Waals surface area contributed by atoms with Gasteiger partial charge in [0.1, 0.15) is 0 Å². The zero-order valence-electron chi connectivity index (χ0n) is 10.2. The van der Waals surface area contributed by atoms with Crippen LogP contribution in [0.4, 0.5) is 0 Å². The van der Waals surface area contributed by atoms with Crippen molar-refractivity contribution in [2.45, 2.75) is 59.4 Å². The van der Waals surface area contributed by atoms with Crippen molar-refractivity contribution in [3.05, 3.63) is 0 Å². The second-order valence-electron chi connectivity index (χ2n) is 5.41. The van der Waals surface area contributed by atoms with E-state index in [1.54, 1.807) is 0 Å². The Balaban J connectivity index is 2.88. The van der Waals surface area contributed by atoms with E-state index in [9.17, 15) is 9.59 Å². The number of rotatable bonds is 0. The Labute approximate surface area is 91.8 Å². The summed E-state index contributed by atoms with van der Waals surface area (Å²) >= 11 is 0. The van der Waals surface area contributed by atoms with Gasteiger partial charge in [-0.05, 0) is 19.8 Å². The molecule has 1 aliphatic heterocycles. The minimum atomic E-state index is -0.464. The summed E-state index contributed by atoms with van der Waals surface area (Å²) < 4.78 is 0. The van der Waals surface area contributed by atoms with Gasteiger partial charge in [-0.15, -0.1) is 0 Å². The Morgan fingerprint density at radius 3 is 2.47 bits per heavy atom. The summed E-state index contributed by atoms with van der Waals surface area (Å²) in [5.74, 6) is -0.0400. The SMILES string of the molecule is CC1CCCCC(=O)N1C(=O)C(C)(C)C. The summed E-state index contributed by atoms with van der Waals surface area (Å²) in [6.07, 6.45) is 3.41. The lowest BCUT2D eigenvalue weighted by Crippen LogP contribution is -2.47. The van der Waals surface area contributed by atoms with Crippen LogP contribution in [0.3, 0.4) is 0 Å². The van der Waals surface area contributed by atoms with Crippen molar-refractivity contribution in [3.8, 4) is 0 Å². The zero-order chi connectivity index (χ0) is 11.6. The van der Waals surface area contributed by atoms with E-state index in [-0.39, 0.29) is 17.9 Å². The van der Waals surface area contributed by atoms with Crippen molar-refractivity contribution in [2.24, 2.45) is 5.41 Å². The second-order valence-corrected chi connectivity index (χ2v) is 5.41. The van der Waals surface area contributed by atoms with Gasteiger partial charge in [0.25, 0.3) is 0 Å². The third-order valence-electron chi connectivity index (χ3n) is 2.83. The molecule has 0 bridgehead atoms. The molecule has 86 valence electrons. The first-order chi connectivity index (χ1) is 6.84. The first kappa shape index (κ1) is 12.2. The summed E-state index contributed by atoms with van der Waals surface area (Å²) in [5, 5.41) is 0. The normalized spacial score (nSPS) is 23.9. The van der Waals surface area contributed by atoms with Crippen LogP contribution in [0, 0.1) is 5.41 Å². The minimum Gasteiger partial charge on any atom is -0.279 e. The maximum absolute atomic E-state index is 12.1. The van der Waals surface area contributed by atoms with Crippen molar-refractivity contribution in [3.63, 3.8) is 0 Å². The molecule has 0 aromatic carbocycles. The Morgan fingerprint density at radius 2 is 1.93 bits per heavy atom. The molecule has 1 heterocycles. The fourth-order valence-electron chi connectivity index (χ4n) is 1.89. The van der Waals surface area contributed by atoms with Crippen molar-refractivity contribution < 1.29 is 9.59 Å². The van der Waals surface area contributed by atoms with Gasteiger partial charge in [0, 0.05) is 17.9 Å². The number of hydrogen-bond donors (Lipinski definition) is 0. The zero-order valence-corrected chi connectivity index (χ0v) is 10.2. The standard InChI is InChI=1S/C12H21NO2/c1-9-7-5-6-8-10(14)13(9)11(15)12(2,3)4/h9H,5-8H2,1-4H3. The lowest BCUT2D eigenvalue weighted by Gasteiger charge is -2.31. The molecule has 0 aromatic rings. The van der Waals surface area contributed by atoms with Gasteiger partial charge >= 0.3 is 0 Å². The van der Waals surface area contributed by atoms with Crippen molar-refractivity contribution in [1.29, 1.82) is 0 Å². The van der Waals surface area contributed by atoms with Crippen molar-refractivity contribution in [2.75, 3.05) is 0 Å². The summed E-state index contributed by atoms with van der Waals surface area (Å²) in [7, 11) is 0. The van der Waals surface area contributed by atoms with Crippen molar-refractivity contribution in [1.82, 2.24) is 4.90 Å². The fourth-order valence-corrected chi connectivity index (χ4v) is 1.89. The molecule has 0 saturated carbocycles. The quantitative estimate of drug-likeness (QED) is 0.616. The molecule has 1 unspecified atom stereocenters. The summed E-state index contributed by atoms with van der Waals surface area (Å²) in [6, 6.07) is 0.0618. The van der Waals surface area contributed by atoms with Crippen LogP contribution in [0.5, 0.6) is 0 Å². The van der Waals surface area contributed by atoms with Gasteiger partial charge in [-0.2, -0.15) is 0 Å². The molecule has 15 heavy (non-hydrogen) atoms. The number of imide groups is 1. The second kappa shape index (κ2) is 4.33. The topological polar surface area (TPSA) is 37.4 Å². The predicted molar refractivity (Wildman–Crippen MR) is 59.2 cm³/mol. The van der Waals surface area contributed by atoms with Crippen molar-refractivity contribution >= 4 is 11.8 Å². The number of hydrogen-bond acceptors (Lipinski definition) is 2. The number of likely N-dealkylation sites (tertiary alicyclic amines) is 1. The van der Waals surface area contributed by atoms with Crippen LogP contribution < -0.4 is 0 Å². The van der Waals surface area contributed by atoms with Gasteiger partial charge < -0.3 is 0 Å². The highest BCUT2D eigenvalue weighted by atomic mass is 16.2. The van der Waals surface area contributed by atoms with Crippen LogP contribution in [0.2, 0.25) is 0 Å². The number of carbonyl (C=O) groups is 2. The molecule has 0 radical (unpaired) electrons. The summed E-state index contributed by atoms with van der Waals surface area (Å²) in [5.41, 5.74) is -0.464. The van der Waals surface area contributed by atoms with E-state index < -0.39 is 5.41 Å². The van der Waals surface area contributed by atoms with Crippen LogP contribution in [-0.4, -0.2) is 22.8 Å². The highest BCUT2D eigenvalue weighted by Gasteiger charge is 2.35. The van der Waals surface area contributed by atoms with E-state index in [2.05, 4.69) is 0 Å². The van der Waals surface area contributed by atoms with Crippen LogP contribution >= 0.6 is 0 Å². The number of amides is 2. The molecular weight excluding hydrogens is 190 g/mol. The first-order valence-electron chi connectivity index (χ1n) is 5.70. The van der Waals surface area contributed by atoms with E-state index in [0.29, 0.717) is 6.42 Å². The summed E-state index contributed by atoms with van der Waals surface area (Å²) in [4.78, 5) is 25.4. The Hall–Kier alpha value is -0.860.